The summed E-state index contributed by atoms with van der Waals surface area (Å²) in [6, 6.07) is 10.4. The van der Waals surface area contributed by atoms with Crippen LogP contribution in [0.3, 0.4) is 0 Å². The summed E-state index contributed by atoms with van der Waals surface area (Å²) in [6.45, 7) is 4.60. The lowest BCUT2D eigenvalue weighted by molar-refractivity contribution is -0.0562. The van der Waals surface area contributed by atoms with Gasteiger partial charge in [0.25, 0.3) is 0 Å². The van der Waals surface area contributed by atoms with Crippen molar-refractivity contribution in [3.8, 4) is 0 Å². The molecule has 2 bridgehead atoms. The van der Waals surface area contributed by atoms with Gasteiger partial charge in [-0.15, -0.1) is 0 Å². The molecule has 0 spiro atoms. The molecule has 0 amide bonds. The summed E-state index contributed by atoms with van der Waals surface area (Å²) in [6.07, 6.45) is 5.12. The van der Waals surface area contributed by atoms with Gasteiger partial charge in [-0.25, -0.2) is 0 Å². The molecule has 3 saturated heterocycles. The summed E-state index contributed by atoms with van der Waals surface area (Å²) in [5, 5.41) is 12.1. The Labute approximate surface area is 132 Å². The van der Waals surface area contributed by atoms with Gasteiger partial charge in [-0.1, -0.05) is 31.5 Å². The second kappa shape index (κ2) is 5.64. The maximum Gasteiger partial charge on any atom is 0.0952 e. The Morgan fingerprint density at radius 2 is 2.18 bits per heavy atom. The molecule has 0 saturated carbocycles. The van der Waals surface area contributed by atoms with Gasteiger partial charge in [-0.3, -0.25) is 9.88 Å². The quantitative estimate of drug-likeness (QED) is 0.943. The van der Waals surface area contributed by atoms with Gasteiger partial charge in [0.2, 0.25) is 0 Å². The average molecular weight is 296 g/mol. The largest absolute Gasteiger partial charge is 0.387 e. The lowest BCUT2D eigenvalue weighted by Gasteiger charge is -2.51. The average Bonchev–Trinajstić information content (AvgIpc) is 2.60. The summed E-state index contributed by atoms with van der Waals surface area (Å²) in [7, 11) is 0. The van der Waals surface area contributed by atoms with E-state index in [9.17, 15) is 5.11 Å². The fraction of sp³-hybridized carbons (Fsp3) is 0.526. The molecule has 3 heteroatoms. The van der Waals surface area contributed by atoms with E-state index in [-0.39, 0.29) is 6.04 Å². The van der Waals surface area contributed by atoms with Gasteiger partial charge in [0.1, 0.15) is 0 Å². The number of aromatic nitrogens is 1. The fourth-order valence-corrected chi connectivity index (χ4v) is 4.55. The van der Waals surface area contributed by atoms with E-state index in [1.807, 2.05) is 30.5 Å². The number of rotatable bonds is 3. The lowest BCUT2D eigenvalue weighted by Crippen LogP contribution is -2.55. The highest BCUT2D eigenvalue weighted by atomic mass is 16.3. The molecule has 3 unspecified atom stereocenters. The molecule has 3 nitrogen and oxygen atoms in total. The maximum atomic E-state index is 11.1. The topological polar surface area (TPSA) is 36.4 Å². The van der Waals surface area contributed by atoms with Crippen LogP contribution in [0.2, 0.25) is 0 Å². The van der Waals surface area contributed by atoms with Crippen LogP contribution in [-0.4, -0.2) is 34.1 Å². The van der Waals surface area contributed by atoms with Gasteiger partial charge in [-0.2, -0.15) is 0 Å². The number of fused-ring (bicyclic) bond motifs is 4. The normalized spacial score (nSPS) is 32.3. The predicted molar refractivity (Wildman–Crippen MR) is 88.6 cm³/mol. The minimum absolute atomic E-state index is 0.271. The number of pyridine rings is 1. The molecule has 4 heterocycles. The monoisotopic (exact) mass is 296 g/mol. The maximum absolute atomic E-state index is 11.1. The summed E-state index contributed by atoms with van der Waals surface area (Å²) >= 11 is 0. The Balaban J connectivity index is 1.66. The molecule has 5 atom stereocenters. The standard InChI is InChI=1S/C19H24N2O/c1-2-13-12-21-10-8-14(13)11-18(21)19(22)16-7-9-20-17-6-4-3-5-15(16)17/h3-7,9,13-14,18-19,22H,2,8,10-12H2,1H3/t13?,14-,18+,19?/m1/s1. The smallest absolute Gasteiger partial charge is 0.0952 e. The molecule has 3 aliphatic rings. The number of para-hydroxylation sites is 1. The molecule has 2 aromatic rings. The van der Waals surface area contributed by atoms with Crippen molar-refractivity contribution < 1.29 is 5.11 Å². The third-order valence-corrected chi connectivity index (χ3v) is 5.83. The van der Waals surface area contributed by atoms with E-state index in [4.69, 9.17) is 0 Å². The van der Waals surface area contributed by atoms with Crippen molar-refractivity contribution in [1.82, 2.24) is 9.88 Å². The van der Waals surface area contributed by atoms with Crippen LogP contribution in [0.5, 0.6) is 0 Å². The summed E-state index contributed by atoms with van der Waals surface area (Å²) < 4.78 is 0. The molecule has 3 fully saturated rings. The molecule has 3 aliphatic heterocycles. The molecular formula is C19H24N2O. The van der Waals surface area contributed by atoms with E-state index in [1.54, 1.807) is 0 Å². The Morgan fingerprint density at radius 1 is 1.32 bits per heavy atom. The number of aliphatic hydroxyl groups is 1. The van der Waals surface area contributed by atoms with Crippen molar-refractivity contribution in [3.05, 3.63) is 42.1 Å². The van der Waals surface area contributed by atoms with E-state index >= 15 is 0 Å². The van der Waals surface area contributed by atoms with Gasteiger partial charge in [0.15, 0.2) is 0 Å². The van der Waals surface area contributed by atoms with Crippen molar-refractivity contribution in [2.75, 3.05) is 13.1 Å². The fourth-order valence-electron chi connectivity index (χ4n) is 4.55. The number of piperidine rings is 3. The van der Waals surface area contributed by atoms with Gasteiger partial charge >= 0.3 is 0 Å². The lowest BCUT2D eigenvalue weighted by atomic mass is 9.72. The molecule has 0 radical (unpaired) electrons. The Bertz CT molecular complexity index is 666. The zero-order chi connectivity index (χ0) is 15.1. The SMILES string of the molecule is CCC1CN2CC[C@@H]1C[C@H]2C(O)c1ccnc2ccccc12. The minimum Gasteiger partial charge on any atom is -0.387 e. The van der Waals surface area contributed by atoms with E-state index in [0.29, 0.717) is 0 Å². The van der Waals surface area contributed by atoms with Gasteiger partial charge in [0, 0.05) is 24.2 Å². The Morgan fingerprint density at radius 3 is 2.95 bits per heavy atom. The van der Waals surface area contributed by atoms with Crippen LogP contribution in [0.4, 0.5) is 0 Å². The zero-order valence-electron chi connectivity index (χ0n) is 13.2. The highest BCUT2D eigenvalue weighted by Crippen LogP contribution is 2.42. The highest BCUT2D eigenvalue weighted by Gasteiger charge is 2.42. The number of hydrogen-bond donors (Lipinski definition) is 1. The minimum atomic E-state index is -0.409. The second-order valence-electron chi connectivity index (χ2n) is 6.88. The summed E-state index contributed by atoms with van der Waals surface area (Å²) in [4.78, 5) is 6.94. The zero-order valence-corrected chi connectivity index (χ0v) is 13.2. The summed E-state index contributed by atoms with van der Waals surface area (Å²) in [5.74, 6) is 1.62. The van der Waals surface area contributed by atoms with Crippen molar-refractivity contribution >= 4 is 10.9 Å². The number of benzene rings is 1. The molecule has 1 aromatic heterocycles. The van der Waals surface area contributed by atoms with Crippen molar-refractivity contribution in [3.63, 3.8) is 0 Å². The number of aliphatic hydroxyl groups excluding tert-OH is 1. The van der Waals surface area contributed by atoms with E-state index in [0.717, 1.165) is 47.8 Å². The van der Waals surface area contributed by atoms with Crippen LogP contribution in [0.15, 0.2) is 36.5 Å². The first kappa shape index (κ1) is 14.2. The second-order valence-corrected chi connectivity index (χ2v) is 6.88. The van der Waals surface area contributed by atoms with E-state index in [2.05, 4.69) is 22.9 Å². The first-order valence-electron chi connectivity index (χ1n) is 8.53. The van der Waals surface area contributed by atoms with Gasteiger partial charge < -0.3 is 5.11 Å². The van der Waals surface area contributed by atoms with Crippen molar-refractivity contribution in [2.24, 2.45) is 11.8 Å². The molecule has 22 heavy (non-hydrogen) atoms. The van der Waals surface area contributed by atoms with Crippen LogP contribution in [-0.2, 0) is 0 Å². The first-order valence-corrected chi connectivity index (χ1v) is 8.53. The van der Waals surface area contributed by atoms with Crippen LogP contribution in [0.25, 0.3) is 10.9 Å². The molecular weight excluding hydrogens is 272 g/mol. The number of hydrogen-bond acceptors (Lipinski definition) is 3. The van der Waals surface area contributed by atoms with Crippen LogP contribution >= 0.6 is 0 Å². The first-order chi connectivity index (χ1) is 10.8. The van der Waals surface area contributed by atoms with Gasteiger partial charge in [-0.05, 0) is 48.9 Å². The van der Waals surface area contributed by atoms with Crippen molar-refractivity contribution in [2.45, 2.75) is 38.3 Å². The summed E-state index contributed by atoms with van der Waals surface area (Å²) in [5.41, 5.74) is 2.01. The predicted octanol–water partition coefficient (Wildman–Crippen LogP) is 3.39. The van der Waals surface area contributed by atoms with Crippen LogP contribution in [0.1, 0.15) is 37.9 Å². The Hall–Kier alpha value is -1.45. The van der Waals surface area contributed by atoms with Gasteiger partial charge in [0.05, 0.1) is 11.6 Å². The molecule has 1 aromatic carbocycles. The third kappa shape index (κ3) is 2.24. The van der Waals surface area contributed by atoms with E-state index < -0.39 is 6.10 Å². The highest BCUT2D eigenvalue weighted by molar-refractivity contribution is 5.82. The molecule has 5 rings (SSSR count). The molecule has 1 N–H and O–H groups in total. The third-order valence-electron chi connectivity index (χ3n) is 5.83. The molecule has 116 valence electrons. The Kier molecular flexibility index (Phi) is 3.63. The molecule has 0 aliphatic carbocycles. The van der Waals surface area contributed by atoms with Crippen LogP contribution in [0, 0.1) is 11.8 Å². The van der Waals surface area contributed by atoms with E-state index in [1.165, 1.54) is 12.8 Å². The van der Waals surface area contributed by atoms with Crippen molar-refractivity contribution in [1.29, 1.82) is 0 Å². The number of nitrogens with zero attached hydrogens (tertiary/aromatic N) is 2. The van der Waals surface area contributed by atoms with Crippen LogP contribution < -0.4 is 0 Å².